The van der Waals surface area contributed by atoms with Crippen molar-refractivity contribution in [3.8, 4) is 0 Å². The van der Waals surface area contributed by atoms with Crippen LogP contribution in [-0.2, 0) is 18.1 Å². The van der Waals surface area contributed by atoms with Crippen LogP contribution in [0.2, 0.25) is 0 Å². The van der Waals surface area contributed by atoms with E-state index in [1.165, 1.54) is 18.0 Å². The normalized spacial score (nSPS) is 12.1. The van der Waals surface area contributed by atoms with Gasteiger partial charge in [0.15, 0.2) is 17.0 Å². The predicted molar refractivity (Wildman–Crippen MR) is 51.9 cm³/mol. The van der Waals surface area contributed by atoms with Gasteiger partial charge in [-0.25, -0.2) is 20.4 Å². The molecular formula is C8H8F3N5O. The van der Waals surface area contributed by atoms with Gasteiger partial charge in [0.1, 0.15) is 0 Å². The number of anilines is 1. The smallest absolute Gasteiger partial charge is 0.318 e. The van der Waals surface area contributed by atoms with E-state index in [1.54, 1.807) is 7.05 Å². The molecular weight excluding hydrogens is 239 g/mol. The van der Waals surface area contributed by atoms with Crippen molar-refractivity contribution >= 4 is 17.0 Å². The summed E-state index contributed by atoms with van der Waals surface area (Å²) in [7, 11) is 2.81. The van der Waals surface area contributed by atoms with E-state index in [1.807, 2.05) is 0 Å². The summed E-state index contributed by atoms with van der Waals surface area (Å²) in [6.07, 6.45) is -3.27. The Bertz CT molecular complexity index is 550. The van der Waals surface area contributed by atoms with E-state index in [-0.39, 0.29) is 17.0 Å². The van der Waals surface area contributed by atoms with Gasteiger partial charge in [-0.15, -0.1) is 0 Å². The van der Waals surface area contributed by atoms with Gasteiger partial charge in [-0.2, -0.15) is 13.2 Å². The Morgan fingerprint density at radius 1 is 1.35 bits per heavy atom. The lowest BCUT2D eigenvalue weighted by Gasteiger charge is -2.08. The summed E-state index contributed by atoms with van der Waals surface area (Å²) in [5.41, 5.74) is 2.54. The van der Waals surface area contributed by atoms with Crippen molar-refractivity contribution in [2.45, 2.75) is 6.18 Å². The first-order valence-electron chi connectivity index (χ1n) is 4.48. The van der Waals surface area contributed by atoms with Crippen molar-refractivity contribution in [3.63, 3.8) is 0 Å². The van der Waals surface area contributed by atoms with E-state index >= 15 is 0 Å². The number of aryl methyl sites for hydroxylation is 1. The second kappa shape index (κ2) is 3.84. The molecule has 1 N–H and O–H groups in total. The Balaban J connectivity index is 2.69. The van der Waals surface area contributed by atoms with Crippen LogP contribution in [0.5, 0.6) is 0 Å². The summed E-state index contributed by atoms with van der Waals surface area (Å²) < 4.78 is 39.0. The van der Waals surface area contributed by atoms with E-state index < -0.39 is 12.0 Å². The SMILES string of the molecule is CONc1nc(C(F)(F)F)nc2c1ncn2C. The Kier molecular flexibility index (Phi) is 2.62. The molecule has 9 heteroatoms. The van der Waals surface area contributed by atoms with Crippen molar-refractivity contribution in [1.29, 1.82) is 0 Å². The molecule has 0 saturated carbocycles. The Morgan fingerprint density at radius 3 is 2.65 bits per heavy atom. The average Bonchev–Trinajstić information content (AvgIpc) is 2.60. The number of rotatable bonds is 2. The van der Waals surface area contributed by atoms with E-state index in [9.17, 15) is 13.2 Å². The molecule has 0 aromatic carbocycles. The van der Waals surface area contributed by atoms with Gasteiger partial charge in [0, 0.05) is 7.05 Å². The van der Waals surface area contributed by atoms with Crippen molar-refractivity contribution in [3.05, 3.63) is 12.2 Å². The second-order valence-corrected chi connectivity index (χ2v) is 3.23. The first-order chi connectivity index (χ1) is 7.93. The van der Waals surface area contributed by atoms with E-state index in [2.05, 4.69) is 25.3 Å². The fourth-order valence-electron chi connectivity index (χ4n) is 1.30. The van der Waals surface area contributed by atoms with Crippen LogP contribution in [0.3, 0.4) is 0 Å². The number of nitrogens with zero attached hydrogens (tertiary/aromatic N) is 4. The monoisotopic (exact) mass is 247 g/mol. The lowest BCUT2D eigenvalue weighted by molar-refractivity contribution is -0.144. The number of hydrogen-bond donors (Lipinski definition) is 1. The van der Waals surface area contributed by atoms with E-state index in [0.29, 0.717) is 0 Å². The first-order valence-corrected chi connectivity index (χ1v) is 4.48. The molecule has 0 spiro atoms. The molecule has 92 valence electrons. The molecule has 0 saturated heterocycles. The minimum Gasteiger partial charge on any atom is -0.318 e. The number of aromatic nitrogens is 4. The summed E-state index contributed by atoms with van der Waals surface area (Å²) >= 11 is 0. The third kappa shape index (κ3) is 2.00. The molecule has 0 aliphatic rings. The Labute approximate surface area is 93.4 Å². The highest BCUT2D eigenvalue weighted by Gasteiger charge is 2.36. The molecule has 0 unspecified atom stereocenters. The Hall–Kier alpha value is -1.90. The minimum absolute atomic E-state index is 0.0758. The zero-order valence-electron chi connectivity index (χ0n) is 8.91. The van der Waals surface area contributed by atoms with Gasteiger partial charge in [-0.1, -0.05) is 0 Å². The fraction of sp³-hybridized carbons (Fsp3) is 0.375. The number of halogens is 3. The third-order valence-corrected chi connectivity index (χ3v) is 2.01. The summed E-state index contributed by atoms with van der Waals surface area (Å²) in [5, 5.41) is 0. The van der Waals surface area contributed by atoms with Crippen LogP contribution in [0, 0.1) is 0 Å². The highest BCUT2D eigenvalue weighted by atomic mass is 19.4. The summed E-state index contributed by atoms with van der Waals surface area (Å²) in [6, 6.07) is 0. The largest absolute Gasteiger partial charge is 0.451 e. The summed E-state index contributed by atoms with van der Waals surface area (Å²) in [5.74, 6) is -1.36. The lowest BCUT2D eigenvalue weighted by atomic mass is 10.4. The highest BCUT2D eigenvalue weighted by molar-refractivity contribution is 5.82. The molecule has 0 fully saturated rings. The van der Waals surface area contributed by atoms with Crippen LogP contribution < -0.4 is 5.48 Å². The van der Waals surface area contributed by atoms with Crippen molar-refractivity contribution in [2.24, 2.45) is 7.05 Å². The van der Waals surface area contributed by atoms with Crippen molar-refractivity contribution in [2.75, 3.05) is 12.6 Å². The van der Waals surface area contributed by atoms with Gasteiger partial charge in [0.2, 0.25) is 5.82 Å². The maximum atomic E-state index is 12.6. The molecule has 0 aliphatic carbocycles. The number of imidazole rings is 1. The van der Waals surface area contributed by atoms with Gasteiger partial charge in [-0.3, -0.25) is 4.84 Å². The topological polar surface area (TPSA) is 64.9 Å². The molecule has 0 atom stereocenters. The zero-order chi connectivity index (χ0) is 12.6. The fourth-order valence-corrected chi connectivity index (χ4v) is 1.30. The Morgan fingerprint density at radius 2 is 2.06 bits per heavy atom. The number of hydrogen-bond acceptors (Lipinski definition) is 5. The second-order valence-electron chi connectivity index (χ2n) is 3.23. The lowest BCUT2D eigenvalue weighted by Crippen LogP contribution is -2.14. The maximum Gasteiger partial charge on any atom is 0.451 e. The highest BCUT2D eigenvalue weighted by Crippen LogP contribution is 2.29. The van der Waals surface area contributed by atoms with E-state index in [0.717, 1.165) is 0 Å². The van der Waals surface area contributed by atoms with Crippen LogP contribution >= 0.6 is 0 Å². The predicted octanol–water partition coefficient (Wildman–Crippen LogP) is 1.36. The minimum atomic E-state index is -4.62. The maximum absolute atomic E-state index is 12.6. The van der Waals surface area contributed by atoms with Crippen LogP contribution in [0.25, 0.3) is 11.2 Å². The quantitative estimate of drug-likeness (QED) is 0.811. The van der Waals surface area contributed by atoms with Crippen LogP contribution in [0.15, 0.2) is 6.33 Å². The first kappa shape index (κ1) is 11.6. The van der Waals surface area contributed by atoms with Crippen LogP contribution in [0.1, 0.15) is 5.82 Å². The molecule has 2 aromatic heterocycles. The molecule has 0 radical (unpaired) electrons. The zero-order valence-corrected chi connectivity index (χ0v) is 8.91. The molecule has 17 heavy (non-hydrogen) atoms. The number of alkyl halides is 3. The van der Waals surface area contributed by atoms with Gasteiger partial charge in [0.05, 0.1) is 13.4 Å². The molecule has 2 aromatic rings. The van der Waals surface area contributed by atoms with Gasteiger partial charge < -0.3 is 4.57 Å². The molecule has 0 bridgehead atoms. The molecule has 2 rings (SSSR count). The van der Waals surface area contributed by atoms with Gasteiger partial charge in [0.25, 0.3) is 0 Å². The molecule has 6 nitrogen and oxygen atoms in total. The molecule has 0 amide bonds. The average molecular weight is 247 g/mol. The van der Waals surface area contributed by atoms with E-state index in [4.69, 9.17) is 0 Å². The summed E-state index contributed by atoms with van der Waals surface area (Å²) in [6.45, 7) is 0. The van der Waals surface area contributed by atoms with Crippen LogP contribution in [0.4, 0.5) is 19.0 Å². The standard InChI is InChI=1S/C8H8F3N5O/c1-16-3-12-4-5(15-17-2)13-7(8(9,10)11)14-6(4)16/h3H,1-2H3,(H,13,14,15). The summed E-state index contributed by atoms with van der Waals surface area (Å²) in [4.78, 5) is 15.2. The third-order valence-electron chi connectivity index (χ3n) is 2.01. The molecule has 0 aliphatic heterocycles. The molecule has 2 heterocycles. The van der Waals surface area contributed by atoms with Gasteiger partial charge >= 0.3 is 6.18 Å². The van der Waals surface area contributed by atoms with Gasteiger partial charge in [-0.05, 0) is 0 Å². The van der Waals surface area contributed by atoms with Crippen molar-refractivity contribution in [1.82, 2.24) is 19.5 Å². The number of nitrogens with one attached hydrogen (secondary N) is 1. The van der Waals surface area contributed by atoms with Crippen molar-refractivity contribution < 1.29 is 18.0 Å². The van der Waals surface area contributed by atoms with Crippen LogP contribution in [-0.4, -0.2) is 26.6 Å². The number of fused-ring (bicyclic) bond motifs is 1.